The van der Waals surface area contributed by atoms with E-state index < -0.39 is 0 Å². The van der Waals surface area contributed by atoms with Crippen LogP contribution in [0.1, 0.15) is 24.1 Å². The van der Waals surface area contributed by atoms with Crippen LogP contribution in [0.3, 0.4) is 0 Å². The molecule has 4 nitrogen and oxygen atoms in total. The van der Waals surface area contributed by atoms with Gasteiger partial charge in [-0.2, -0.15) is 0 Å². The average Bonchev–Trinajstić information content (AvgIpc) is 2.55. The van der Waals surface area contributed by atoms with Crippen molar-refractivity contribution < 1.29 is 4.74 Å². The van der Waals surface area contributed by atoms with Gasteiger partial charge in [-0.15, -0.1) is 0 Å². The van der Waals surface area contributed by atoms with E-state index in [0.717, 1.165) is 27.9 Å². The standard InChI is InChI=1S/C17H17N3O/c1-2-21-14-6-3-12(4-7-14)17(18)13-5-8-15-16(11-13)20-10-9-19-15/h3-11,17H,2,18H2,1H3. The highest BCUT2D eigenvalue weighted by atomic mass is 16.5. The first-order valence-electron chi connectivity index (χ1n) is 6.97. The number of hydrogen-bond donors (Lipinski definition) is 1. The van der Waals surface area contributed by atoms with E-state index in [1.165, 1.54) is 0 Å². The molecule has 0 fully saturated rings. The Bertz CT molecular complexity index is 740. The van der Waals surface area contributed by atoms with E-state index in [-0.39, 0.29) is 6.04 Å². The smallest absolute Gasteiger partial charge is 0.119 e. The SMILES string of the molecule is CCOc1ccc(C(N)c2ccc3nccnc3c2)cc1. The molecular formula is C17H17N3O. The largest absolute Gasteiger partial charge is 0.494 e. The van der Waals surface area contributed by atoms with Crippen LogP contribution < -0.4 is 10.5 Å². The molecule has 21 heavy (non-hydrogen) atoms. The second kappa shape index (κ2) is 5.89. The van der Waals surface area contributed by atoms with Crippen molar-refractivity contribution in [2.24, 2.45) is 5.73 Å². The van der Waals surface area contributed by atoms with Crippen molar-refractivity contribution in [1.82, 2.24) is 9.97 Å². The highest BCUT2D eigenvalue weighted by Crippen LogP contribution is 2.24. The topological polar surface area (TPSA) is 61.0 Å². The summed E-state index contributed by atoms with van der Waals surface area (Å²) >= 11 is 0. The van der Waals surface area contributed by atoms with Gasteiger partial charge in [-0.1, -0.05) is 18.2 Å². The molecular weight excluding hydrogens is 262 g/mol. The molecule has 4 heteroatoms. The van der Waals surface area contributed by atoms with Gasteiger partial charge < -0.3 is 10.5 Å². The van der Waals surface area contributed by atoms with E-state index in [9.17, 15) is 0 Å². The Morgan fingerprint density at radius 2 is 1.62 bits per heavy atom. The maximum Gasteiger partial charge on any atom is 0.119 e. The number of ether oxygens (including phenoxy) is 1. The second-order valence-electron chi connectivity index (χ2n) is 4.78. The lowest BCUT2D eigenvalue weighted by molar-refractivity contribution is 0.340. The average molecular weight is 279 g/mol. The van der Waals surface area contributed by atoms with Crippen molar-refractivity contribution in [3.63, 3.8) is 0 Å². The molecule has 1 aromatic heterocycles. The predicted molar refractivity (Wildman–Crippen MR) is 83.2 cm³/mol. The van der Waals surface area contributed by atoms with Gasteiger partial charge in [0.05, 0.1) is 23.7 Å². The summed E-state index contributed by atoms with van der Waals surface area (Å²) in [6.45, 7) is 2.63. The zero-order valence-electron chi connectivity index (χ0n) is 11.9. The Balaban J connectivity index is 1.90. The number of benzene rings is 2. The first-order chi connectivity index (χ1) is 10.3. The number of aromatic nitrogens is 2. The van der Waals surface area contributed by atoms with Crippen molar-refractivity contribution in [2.75, 3.05) is 6.61 Å². The molecule has 0 aliphatic heterocycles. The predicted octanol–water partition coefficient (Wildman–Crippen LogP) is 3.08. The van der Waals surface area contributed by atoms with Crippen molar-refractivity contribution in [3.8, 4) is 5.75 Å². The van der Waals surface area contributed by atoms with Crippen molar-refractivity contribution >= 4 is 11.0 Å². The monoisotopic (exact) mass is 279 g/mol. The normalized spacial score (nSPS) is 12.3. The van der Waals surface area contributed by atoms with Crippen LogP contribution in [0.2, 0.25) is 0 Å². The van der Waals surface area contributed by atoms with Gasteiger partial charge in [-0.25, -0.2) is 0 Å². The molecule has 0 radical (unpaired) electrons. The maximum atomic E-state index is 6.34. The van der Waals surface area contributed by atoms with Gasteiger partial charge in [0.2, 0.25) is 0 Å². The Morgan fingerprint density at radius 1 is 0.952 bits per heavy atom. The van der Waals surface area contributed by atoms with E-state index in [2.05, 4.69) is 9.97 Å². The Morgan fingerprint density at radius 3 is 2.33 bits per heavy atom. The first-order valence-corrected chi connectivity index (χ1v) is 6.97. The minimum atomic E-state index is -0.188. The third kappa shape index (κ3) is 2.85. The molecule has 0 bridgehead atoms. The fourth-order valence-corrected chi connectivity index (χ4v) is 2.30. The third-order valence-corrected chi connectivity index (χ3v) is 3.40. The van der Waals surface area contributed by atoms with Crippen LogP contribution in [-0.2, 0) is 0 Å². The van der Waals surface area contributed by atoms with Crippen LogP contribution >= 0.6 is 0 Å². The summed E-state index contributed by atoms with van der Waals surface area (Å²) in [6.07, 6.45) is 3.38. The summed E-state index contributed by atoms with van der Waals surface area (Å²) in [5.74, 6) is 0.859. The molecule has 2 N–H and O–H groups in total. The van der Waals surface area contributed by atoms with E-state index in [0.29, 0.717) is 6.61 Å². The van der Waals surface area contributed by atoms with Crippen LogP contribution in [0.5, 0.6) is 5.75 Å². The Hall–Kier alpha value is -2.46. The third-order valence-electron chi connectivity index (χ3n) is 3.40. The molecule has 3 aromatic rings. The lowest BCUT2D eigenvalue weighted by Crippen LogP contribution is -2.11. The molecule has 3 rings (SSSR count). The number of nitrogens with zero attached hydrogens (tertiary/aromatic N) is 2. The molecule has 2 aromatic carbocycles. The second-order valence-corrected chi connectivity index (χ2v) is 4.78. The van der Waals surface area contributed by atoms with E-state index in [1.807, 2.05) is 49.4 Å². The molecule has 1 heterocycles. The number of nitrogens with two attached hydrogens (primary N) is 1. The zero-order chi connectivity index (χ0) is 14.7. The van der Waals surface area contributed by atoms with Gasteiger partial charge in [-0.3, -0.25) is 9.97 Å². The fourth-order valence-electron chi connectivity index (χ4n) is 2.30. The molecule has 0 saturated heterocycles. The Labute approximate surface area is 123 Å². The summed E-state index contributed by atoms with van der Waals surface area (Å²) in [4.78, 5) is 8.58. The summed E-state index contributed by atoms with van der Waals surface area (Å²) in [5, 5.41) is 0. The lowest BCUT2D eigenvalue weighted by Gasteiger charge is -2.13. The molecule has 0 amide bonds. The van der Waals surface area contributed by atoms with Crippen LogP contribution in [-0.4, -0.2) is 16.6 Å². The number of rotatable bonds is 4. The summed E-state index contributed by atoms with van der Waals surface area (Å²) in [5.41, 5.74) is 10.1. The fraction of sp³-hybridized carbons (Fsp3) is 0.176. The van der Waals surface area contributed by atoms with E-state index in [1.54, 1.807) is 12.4 Å². The summed E-state index contributed by atoms with van der Waals surface area (Å²) in [7, 11) is 0. The molecule has 1 unspecified atom stereocenters. The molecule has 106 valence electrons. The first kappa shape index (κ1) is 13.5. The van der Waals surface area contributed by atoms with Crippen LogP contribution in [0.25, 0.3) is 11.0 Å². The zero-order valence-corrected chi connectivity index (χ0v) is 11.9. The minimum Gasteiger partial charge on any atom is -0.494 e. The summed E-state index contributed by atoms with van der Waals surface area (Å²) < 4.78 is 5.44. The number of fused-ring (bicyclic) bond motifs is 1. The highest BCUT2D eigenvalue weighted by Gasteiger charge is 2.10. The molecule has 0 spiro atoms. The van der Waals surface area contributed by atoms with Crippen molar-refractivity contribution in [3.05, 3.63) is 66.0 Å². The number of hydrogen-bond acceptors (Lipinski definition) is 4. The van der Waals surface area contributed by atoms with E-state index >= 15 is 0 Å². The van der Waals surface area contributed by atoms with Gasteiger partial charge in [0.1, 0.15) is 5.75 Å². The van der Waals surface area contributed by atoms with Gasteiger partial charge in [0.15, 0.2) is 0 Å². The van der Waals surface area contributed by atoms with Crippen LogP contribution in [0.4, 0.5) is 0 Å². The Kier molecular flexibility index (Phi) is 3.79. The molecule has 0 aliphatic carbocycles. The van der Waals surface area contributed by atoms with Crippen molar-refractivity contribution in [1.29, 1.82) is 0 Å². The van der Waals surface area contributed by atoms with Crippen LogP contribution in [0.15, 0.2) is 54.9 Å². The molecule has 1 atom stereocenters. The van der Waals surface area contributed by atoms with Crippen molar-refractivity contribution in [2.45, 2.75) is 13.0 Å². The van der Waals surface area contributed by atoms with Crippen LogP contribution in [0, 0.1) is 0 Å². The lowest BCUT2D eigenvalue weighted by atomic mass is 9.99. The maximum absolute atomic E-state index is 6.34. The molecule has 0 saturated carbocycles. The van der Waals surface area contributed by atoms with Gasteiger partial charge >= 0.3 is 0 Å². The highest BCUT2D eigenvalue weighted by molar-refractivity contribution is 5.74. The minimum absolute atomic E-state index is 0.188. The molecule has 0 aliphatic rings. The quantitative estimate of drug-likeness (QED) is 0.797. The van der Waals surface area contributed by atoms with Gasteiger partial charge in [0, 0.05) is 12.4 Å². The van der Waals surface area contributed by atoms with E-state index in [4.69, 9.17) is 10.5 Å². The van der Waals surface area contributed by atoms with Gasteiger partial charge in [0.25, 0.3) is 0 Å². The summed E-state index contributed by atoms with van der Waals surface area (Å²) in [6, 6.07) is 13.6. The van der Waals surface area contributed by atoms with Gasteiger partial charge in [-0.05, 0) is 42.3 Å².